The molecule has 2 aromatic rings. The van der Waals surface area contributed by atoms with Crippen molar-refractivity contribution in [3.05, 3.63) is 77.9 Å². The van der Waals surface area contributed by atoms with Crippen molar-refractivity contribution in [1.29, 1.82) is 0 Å². The molecule has 5 rings (SSSR count). The van der Waals surface area contributed by atoms with E-state index in [9.17, 15) is 14.7 Å². The van der Waals surface area contributed by atoms with E-state index in [0.717, 1.165) is 5.56 Å². The highest BCUT2D eigenvalue weighted by molar-refractivity contribution is 5.72. The number of carboxylic acid groups (broad SMARTS) is 1. The molecule has 3 aliphatic rings. The molecule has 2 aromatic carbocycles. The van der Waals surface area contributed by atoms with Crippen LogP contribution in [-0.2, 0) is 35.1 Å². The number of rotatable bonds is 10. The highest BCUT2D eigenvalue weighted by atomic mass is 16.7. The molecule has 2 aliphatic heterocycles. The molecule has 3 fully saturated rings. The summed E-state index contributed by atoms with van der Waals surface area (Å²) in [6.45, 7) is 0.829. The van der Waals surface area contributed by atoms with Crippen molar-refractivity contribution in [3.63, 3.8) is 0 Å². The number of para-hydroxylation sites is 1. The van der Waals surface area contributed by atoms with Gasteiger partial charge in [-0.2, -0.15) is 0 Å². The van der Waals surface area contributed by atoms with E-state index in [2.05, 4.69) is 0 Å². The van der Waals surface area contributed by atoms with Crippen molar-refractivity contribution in [2.45, 2.75) is 63.3 Å². The molecule has 3 unspecified atom stereocenters. The fourth-order valence-corrected chi connectivity index (χ4v) is 5.88. The third kappa shape index (κ3) is 6.09. The maximum absolute atomic E-state index is 12.1. The molecular weight excluding hydrogens is 488 g/mol. The summed E-state index contributed by atoms with van der Waals surface area (Å²) >= 11 is 0. The Kier molecular flexibility index (Phi) is 8.42. The zero-order chi connectivity index (χ0) is 26.5. The summed E-state index contributed by atoms with van der Waals surface area (Å²) in [6.07, 6.45) is 4.35. The SMILES string of the molecule is O=C(O)CC/C=C\CC1COC([C@@H]2[C@H]3CC(=O)O[C@H]3C[C@H]2OCc2ccccc2)OC1c1ccccc1O. The second-order valence-corrected chi connectivity index (χ2v) is 10.3. The quantitative estimate of drug-likeness (QED) is 0.339. The van der Waals surface area contributed by atoms with Gasteiger partial charge in [0.1, 0.15) is 11.9 Å². The van der Waals surface area contributed by atoms with Gasteiger partial charge in [0.2, 0.25) is 0 Å². The van der Waals surface area contributed by atoms with Crippen molar-refractivity contribution >= 4 is 11.9 Å². The van der Waals surface area contributed by atoms with Crippen molar-refractivity contribution < 1.29 is 38.7 Å². The topological polar surface area (TPSA) is 112 Å². The Morgan fingerprint density at radius 3 is 2.66 bits per heavy atom. The fraction of sp³-hybridized carbons (Fsp3) is 0.467. The summed E-state index contributed by atoms with van der Waals surface area (Å²) in [4.78, 5) is 23.0. The molecule has 0 amide bonds. The number of aromatic hydroxyl groups is 1. The molecule has 8 nitrogen and oxygen atoms in total. The number of hydrogen-bond acceptors (Lipinski definition) is 7. The Morgan fingerprint density at radius 2 is 1.87 bits per heavy atom. The van der Waals surface area contributed by atoms with Crippen LogP contribution in [0, 0.1) is 17.8 Å². The monoisotopic (exact) mass is 522 g/mol. The van der Waals surface area contributed by atoms with E-state index < -0.39 is 18.4 Å². The smallest absolute Gasteiger partial charge is 0.306 e. The summed E-state index contributed by atoms with van der Waals surface area (Å²) in [5.74, 6) is -1.23. The third-order valence-corrected chi connectivity index (χ3v) is 7.73. The summed E-state index contributed by atoms with van der Waals surface area (Å²) < 4.78 is 24.9. The molecule has 2 N–H and O–H groups in total. The maximum Gasteiger partial charge on any atom is 0.306 e. The van der Waals surface area contributed by atoms with Gasteiger partial charge in [-0.3, -0.25) is 9.59 Å². The zero-order valence-electron chi connectivity index (χ0n) is 21.2. The van der Waals surface area contributed by atoms with Gasteiger partial charge < -0.3 is 29.2 Å². The average molecular weight is 523 g/mol. The third-order valence-electron chi connectivity index (χ3n) is 7.73. The molecule has 1 saturated carbocycles. The van der Waals surface area contributed by atoms with Gasteiger partial charge in [0.25, 0.3) is 0 Å². The van der Waals surface area contributed by atoms with Crippen LogP contribution in [0.25, 0.3) is 0 Å². The Labute approximate surface area is 222 Å². The lowest BCUT2D eigenvalue weighted by atomic mass is 9.88. The van der Waals surface area contributed by atoms with Crippen LogP contribution in [0.15, 0.2) is 66.7 Å². The van der Waals surface area contributed by atoms with Crippen LogP contribution in [0.2, 0.25) is 0 Å². The van der Waals surface area contributed by atoms with Gasteiger partial charge >= 0.3 is 11.9 Å². The van der Waals surface area contributed by atoms with Gasteiger partial charge in [-0.25, -0.2) is 0 Å². The van der Waals surface area contributed by atoms with Gasteiger partial charge in [-0.15, -0.1) is 0 Å². The van der Waals surface area contributed by atoms with Crippen molar-refractivity contribution in [3.8, 4) is 5.75 Å². The molecule has 0 aromatic heterocycles. The molecule has 8 heteroatoms. The second kappa shape index (κ2) is 12.1. The van der Waals surface area contributed by atoms with E-state index in [1.807, 2.05) is 54.6 Å². The molecule has 0 spiro atoms. The van der Waals surface area contributed by atoms with Crippen LogP contribution in [0.1, 0.15) is 49.3 Å². The first kappa shape index (κ1) is 26.4. The minimum Gasteiger partial charge on any atom is -0.508 e. The van der Waals surface area contributed by atoms with Crippen molar-refractivity contribution in [2.24, 2.45) is 17.8 Å². The maximum atomic E-state index is 12.1. The first-order valence-corrected chi connectivity index (χ1v) is 13.3. The number of allylic oxidation sites excluding steroid dienone is 2. The summed E-state index contributed by atoms with van der Waals surface area (Å²) in [5.41, 5.74) is 1.74. The molecule has 7 atom stereocenters. The van der Waals surface area contributed by atoms with Crippen molar-refractivity contribution in [2.75, 3.05) is 6.61 Å². The van der Waals surface area contributed by atoms with Gasteiger partial charge in [-0.05, 0) is 24.5 Å². The normalized spacial score (nSPS) is 30.8. The van der Waals surface area contributed by atoms with Crippen LogP contribution in [-0.4, -0.2) is 47.3 Å². The molecule has 2 saturated heterocycles. The average Bonchev–Trinajstić information content (AvgIpc) is 3.43. The van der Waals surface area contributed by atoms with Crippen LogP contribution >= 0.6 is 0 Å². The highest BCUT2D eigenvalue weighted by Crippen LogP contribution is 2.49. The number of carboxylic acids is 1. The summed E-state index contributed by atoms with van der Waals surface area (Å²) in [6, 6.07) is 17.1. The van der Waals surface area contributed by atoms with Gasteiger partial charge in [0.15, 0.2) is 6.29 Å². The van der Waals surface area contributed by atoms with E-state index >= 15 is 0 Å². The number of esters is 1. The summed E-state index contributed by atoms with van der Waals surface area (Å²) in [7, 11) is 0. The van der Waals surface area contributed by atoms with Crippen LogP contribution < -0.4 is 0 Å². The van der Waals surface area contributed by atoms with E-state index in [-0.39, 0.29) is 48.1 Å². The number of fused-ring (bicyclic) bond motifs is 1. The molecule has 1 aliphatic carbocycles. The standard InChI is InChI=1S/C30H34O8/c31-23-13-8-7-12-21(23)29-20(11-5-2-6-14-26(32)33)18-36-30(38-29)28-22-15-27(34)37-24(22)16-25(28)35-17-19-9-3-1-4-10-19/h1-5,7-10,12-13,20,22,24-25,28-31H,6,11,14-18H2,(H,32,33)/b5-2-/t20?,22-,24-,25+,28+,29?,30?/m0/s1. The molecule has 0 radical (unpaired) electrons. The van der Waals surface area contributed by atoms with E-state index in [1.54, 1.807) is 12.1 Å². The second-order valence-electron chi connectivity index (χ2n) is 10.3. The number of benzene rings is 2. The lowest BCUT2D eigenvalue weighted by Gasteiger charge is -2.41. The molecule has 0 bridgehead atoms. The number of hydrogen-bond donors (Lipinski definition) is 2. The lowest BCUT2D eigenvalue weighted by Crippen LogP contribution is -2.44. The molecule has 2 heterocycles. The van der Waals surface area contributed by atoms with E-state index in [4.69, 9.17) is 24.1 Å². The molecule has 38 heavy (non-hydrogen) atoms. The Morgan fingerprint density at radius 1 is 1.08 bits per heavy atom. The first-order valence-electron chi connectivity index (χ1n) is 13.3. The van der Waals surface area contributed by atoms with Crippen LogP contribution in [0.4, 0.5) is 0 Å². The van der Waals surface area contributed by atoms with E-state index in [0.29, 0.717) is 44.5 Å². The number of phenolic OH excluding ortho intramolecular Hbond substituents is 1. The summed E-state index contributed by atoms with van der Waals surface area (Å²) in [5, 5.41) is 19.5. The number of carbonyl (C=O) groups is 2. The van der Waals surface area contributed by atoms with Gasteiger partial charge in [-0.1, -0.05) is 60.7 Å². The number of ether oxygens (including phenoxy) is 4. The van der Waals surface area contributed by atoms with Gasteiger partial charge in [0, 0.05) is 36.2 Å². The minimum absolute atomic E-state index is 0.0641. The largest absolute Gasteiger partial charge is 0.508 e. The Balaban J connectivity index is 1.34. The molecule has 202 valence electrons. The number of carbonyl (C=O) groups excluding carboxylic acids is 1. The fourth-order valence-electron chi connectivity index (χ4n) is 5.88. The number of phenols is 1. The molecular formula is C30H34O8. The highest BCUT2D eigenvalue weighted by Gasteiger charge is 2.55. The first-order chi connectivity index (χ1) is 18.5. The lowest BCUT2D eigenvalue weighted by molar-refractivity contribution is -0.275. The number of aliphatic carboxylic acids is 1. The van der Waals surface area contributed by atoms with Crippen LogP contribution in [0.3, 0.4) is 0 Å². The predicted molar refractivity (Wildman–Crippen MR) is 137 cm³/mol. The van der Waals surface area contributed by atoms with Crippen molar-refractivity contribution in [1.82, 2.24) is 0 Å². The zero-order valence-corrected chi connectivity index (χ0v) is 21.2. The van der Waals surface area contributed by atoms with Crippen LogP contribution in [0.5, 0.6) is 5.75 Å². The Bertz CT molecular complexity index is 1130. The predicted octanol–water partition coefficient (Wildman–Crippen LogP) is 4.77. The van der Waals surface area contributed by atoms with Gasteiger partial charge in [0.05, 0.1) is 31.8 Å². The Hall–Kier alpha value is -3.20. The van der Waals surface area contributed by atoms with E-state index in [1.165, 1.54) is 0 Å². The minimum atomic E-state index is -0.831.